The van der Waals surface area contributed by atoms with E-state index in [1.165, 1.54) is 11.3 Å². The first-order valence-corrected chi connectivity index (χ1v) is 6.80. The molecule has 1 aromatic heterocycles. The van der Waals surface area contributed by atoms with E-state index in [4.69, 9.17) is 0 Å². The van der Waals surface area contributed by atoms with Crippen LogP contribution in [0.1, 0.15) is 22.5 Å². The Labute approximate surface area is 114 Å². The van der Waals surface area contributed by atoms with Crippen molar-refractivity contribution >= 4 is 29.1 Å². The lowest BCUT2D eigenvalue weighted by Crippen LogP contribution is -2.33. The predicted octanol–water partition coefficient (Wildman–Crippen LogP) is 1.31. The summed E-state index contributed by atoms with van der Waals surface area (Å²) < 4.78 is 4.63. The number of allylic oxidation sites excluding steroid dienone is 1. The van der Waals surface area contributed by atoms with Gasteiger partial charge in [-0.3, -0.25) is 4.79 Å². The molecule has 0 saturated carbocycles. The number of carbonyl (C=O) groups excluding carboxylic acids is 3. The Morgan fingerprint density at radius 2 is 2.21 bits per heavy atom. The molecule has 2 heterocycles. The summed E-state index contributed by atoms with van der Waals surface area (Å²) in [4.78, 5) is 35.0. The molecule has 0 aromatic carbocycles. The molecular formula is C13H13NO4S. The maximum atomic E-state index is 11.6. The number of hydrogen-bond acceptors (Lipinski definition) is 6. The van der Waals surface area contributed by atoms with Gasteiger partial charge in [-0.05, 0) is 36.9 Å². The smallest absolute Gasteiger partial charge is 0.338 e. The molecule has 1 atom stereocenters. The number of ketones is 1. The van der Waals surface area contributed by atoms with E-state index >= 15 is 0 Å². The monoisotopic (exact) mass is 279 g/mol. The maximum Gasteiger partial charge on any atom is 0.338 e. The first kappa shape index (κ1) is 13.6. The third kappa shape index (κ3) is 3.84. The molecular weight excluding hydrogens is 266 g/mol. The zero-order valence-electron chi connectivity index (χ0n) is 10.1. The van der Waals surface area contributed by atoms with Crippen molar-refractivity contribution in [3.05, 3.63) is 34.5 Å². The van der Waals surface area contributed by atoms with Crippen molar-refractivity contribution in [1.29, 1.82) is 0 Å². The van der Waals surface area contributed by atoms with E-state index in [1.54, 1.807) is 17.5 Å². The SMILES string of the molecule is O=C(C=CC(=O)c1cccs1)OC(=O)[C@@H]1CCCN1. The summed E-state index contributed by atoms with van der Waals surface area (Å²) in [5, 5.41) is 4.71. The van der Waals surface area contributed by atoms with Crippen LogP contribution in [0.2, 0.25) is 0 Å². The fourth-order valence-corrected chi connectivity index (χ4v) is 2.38. The number of esters is 2. The number of rotatable bonds is 4. The molecule has 0 aliphatic carbocycles. The highest BCUT2D eigenvalue weighted by atomic mass is 32.1. The molecule has 0 amide bonds. The molecule has 1 N–H and O–H groups in total. The fourth-order valence-electron chi connectivity index (χ4n) is 1.73. The molecule has 1 saturated heterocycles. The highest BCUT2D eigenvalue weighted by Crippen LogP contribution is 2.10. The van der Waals surface area contributed by atoms with E-state index in [1.807, 2.05) is 0 Å². The molecule has 0 unspecified atom stereocenters. The van der Waals surface area contributed by atoms with Crippen molar-refractivity contribution in [2.75, 3.05) is 6.54 Å². The highest BCUT2D eigenvalue weighted by Gasteiger charge is 2.24. The average molecular weight is 279 g/mol. The third-order valence-corrected chi connectivity index (χ3v) is 3.57. The van der Waals surface area contributed by atoms with Gasteiger partial charge in [-0.15, -0.1) is 11.3 Å². The maximum absolute atomic E-state index is 11.6. The second kappa shape index (κ2) is 6.40. The minimum Gasteiger partial charge on any atom is -0.389 e. The molecule has 1 aliphatic rings. The lowest BCUT2D eigenvalue weighted by Gasteiger charge is -2.06. The summed E-state index contributed by atoms with van der Waals surface area (Å²) in [5.74, 6) is -1.68. The van der Waals surface area contributed by atoms with Crippen LogP contribution in [-0.2, 0) is 14.3 Å². The first-order valence-electron chi connectivity index (χ1n) is 5.92. The van der Waals surface area contributed by atoms with E-state index < -0.39 is 18.0 Å². The number of thiophene rings is 1. The van der Waals surface area contributed by atoms with E-state index in [0.717, 1.165) is 25.1 Å². The Morgan fingerprint density at radius 3 is 2.84 bits per heavy atom. The summed E-state index contributed by atoms with van der Waals surface area (Å²) >= 11 is 1.29. The van der Waals surface area contributed by atoms with Crippen molar-refractivity contribution in [1.82, 2.24) is 5.32 Å². The Balaban J connectivity index is 1.83. The summed E-state index contributed by atoms with van der Waals surface area (Å²) in [6.07, 6.45) is 3.66. The van der Waals surface area contributed by atoms with Crippen LogP contribution in [0, 0.1) is 0 Å². The summed E-state index contributed by atoms with van der Waals surface area (Å²) in [5.41, 5.74) is 0. The van der Waals surface area contributed by atoms with Gasteiger partial charge >= 0.3 is 11.9 Å². The van der Waals surface area contributed by atoms with E-state index in [-0.39, 0.29) is 5.78 Å². The van der Waals surface area contributed by atoms with Gasteiger partial charge in [0.25, 0.3) is 0 Å². The largest absolute Gasteiger partial charge is 0.389 e. The molecule has 100 valence electrons. The van der Waals surface area contributed by atoms with Gasteiger partial charge in [-0.1, -0.05) is 6.07 Å². The van der Waals surface area contributed by atoms with Crippen molar-refractivity contribution < 1.29 is 19.1 Å². The van der Waals surface area contributed by atoms with Crippen LogP contribution in [0.4, 0.5) is 0 Å². The summed E-state index contributed by atoms with van der Waals surface area (Å²) in [6, 6.07) is 3.00. The molecule has 0 radical (unpaired) electrons. The average Bonchev–Trinajstić information content (AvgIpc) is 3.07. The Bertz CT molecular complexity index is 501. The van der Waals surface area contributed by atoms with Crippen LogP contribution in [0.5, 0.6) is 0 Å². The van der Waals surface area contributed by atoms with Gasteiger partial charge in [-0.2, -0.15) is 0 Å². The minimum absolute atomic E-state index is 0.279. The van der Waals surface area contributed by atoms with E-state index in [0.29, 0.717) is 11.3 Å². The summed E-state index contributed by atoms with van der Waals surface area (Å²) in [7, 11) is 0. The topological polar surface area (TPSA) is 72.5 Å². The highest BCUT2D eigenvalue weighted by molar-refractivity contribution is 7.12. The zero-order chi connectivity index (χ0) is 13.7. The first-order chi connectivity index (χ1) is 9.16. The number of carbonyl (C=O) groups is 3. The molecule has 0 spiro atoms. The molecule has 0 bridgehead atoms. The minimum atomic E-state index is -0.816. The third-order valence-electron chi connectivity index (χ3n) is 2.68. The van der Waals surface area contributed by atoms with Crippen LogP contribution in [-0.4, -0.2) is 30.3 Å². The molecule has 1 aliphatic heterocycles. The Morgan fingerprint density at radius 1 is 1.37 bits per heavy atom. The second-order valence-corrected chi connectivity index (χ2v) is 5.01. The molecule has 5 nitrogen and oxygen atoms in total. The second-order valence-electron chi connectivity index (χ2n) is 4.06. The molecule has 19 heavy (non-hydrogen) atoms. The van der Waals surface area contributed by atoms with E-state index in [9.17, 15) is 14.4 Å². The van der Waals surface area contributed by atoms with Gasteiger partial charge in [0, 0.05) is 6.08 Å². The normalized spacial score (nSPS) is 18.6. The van der Waals surface area contributed by atoms with Gasteiger partial charge in [0.15, 0.2) is 5.78 Å². The van der Waals surface area contributed by atoms with E-state index in [2.05, 4.69) is 10.1 Å². The van der Waals surface area contributed by atoms with Gasteiger partial charge in [0.05, 0.1) is 4.88 Å². The van der Waals surface area contributed by atoms with Crippen LogP contribution in [0.15, 0.2) is 29.7 Å². The van der Waals surface area contributed by atoms with Crippen LogP contribution < -0.4 is 5.32 Å². The summed E-state index contributed by atoms with van der Waals surface area (Å²) in [6.45, 7) is 0.751. The quantitative estimate of drug-likeness (QED) is 0.389. The number of hydrogen-bond donors (Lipinski definition) is 1. The molecule has 1 fully saturated rings. The van der Waals surface area contributed by atoms with Crippen molar-refractivity contribution in [3.63, 3.8) is 0 Å². The fraction of sp³-hybridized carbons (Fsp3) is 0.308. The number of nitrogens with one attached hydrogen (secondary N) is 1. The van der Waals surface area contributed by atoms with Gasteiger partial charge < -0.3 is 10.1 Å². The van der Waals surface area contributed by atoms with Gasteiger partial charge in [-0.25, -0.2) is 9.59 Å². The Hall–Kier alpha value is -1.79. The number of ether oxygens (including phenoxy) is 1. The molecule has 6 heteroatoms. The van der Waals surface area contributed by atoms with Crippen molar-refractivity contribution in [2.24, 2.45) is 0 Å². The standard InChI is InChI=1S/C13H13NO4S/c15-10(11-4-2-8-19-11)5-6-12(16)18-13(17)9-3-1-7-14-9/h2,4-6,8-9,14H,1,3,7H2/t9-/m0/s1. The molecule has 1 aromatic rings. The lowest BCUT2D eigenvalue weighted by molar-refractivity contribution is -0.157. The van der Waals surface area contributed by atoms with Crippen LogP contribution >= 0.6 is 11.3 Å². The van der Waals surface area contributed by atoms with Crippen molar-refractivity contribution in [2.45, 2.75) is 18.9 Å². The van der Waals surface area contributed by atoms with Crippen molar-refractivity contribution in [3.8, 4) is 0 Å². The molecule has 2 rings (SSSR count). The zero-order valence-corrected chi connectivity index (χ0v) is 10.9. The van der Waals surface area contributed by atoms with Gasteiger partial charge in [0.1, 0.15) is 6.04 Å². The van der Waals surface area contributed by atoms with Gasteiger partial charge in [0.2, 0.25) is 0 Å². The van der Waals surface area contributed by atoms with Crippen LogP contribution in [0.3, 0.4) is 0 Å². The lowest BCUT2D eigenvalue weighted by atomic mass is 10.2. The van der Waals surface area contributed by atoms with Crippen LogP contribution in [0.25, 0.3) is 0 Å². The predicted molar refractivity (Wildman–Crippen MR) is 69.9 cm³/mol. The Kier molecular flexibility index (Phi) is 4.59.